The fourth-order valence-electron chi connectivity index (χ4n) is 2.72. The first kappa shape index (κ1) is 21.9. The highest BCUT2D eigenvalue weighted by molar-refractivity contribution is 5.79. The van der Waals surface area contributed by atoms with Crippen LogP contribution in [0.4, 0.5) is 0 Å². The van der Waals surface area contributed by atoms with Gasteiger partial charge in [0.1, 0.15) is 5.60 Å². The molecule has 0 radical (unpaired) electrons. The van der Waals surface area contributed by atoms with Gasteiger partial charge < -0.3 is 20.5 Å². The Labute approximate surface area is 167 Å². The van der Waals surface area contributed by atoms with Gasteiger partial charge in [0.15, 0.2) is 5.96 Å². The summed E-state index contributed by atoms with van der Waals surface area (Å²) in [7, 11) is 1.83. The zero-order chi connectivity index (χ0) is 20.4. The maximum Gasteiger partial charge on any atom is 0.191 e. The quantitative estimate of drug-likeness (QED) is 0.331. The van der Waals surface area contributed by atoms with Gasteiger partial charge in [-0.25, -0.2) is 4.99 Å². The molecule has 2 aromatic rings. The fraction of sp³-hybridized carbons (Fsp3) is 0.524. The molecule has 2 unspecified atom stereocenters. The van der Waals surface area contributed by atoms with Crippen molar-refractivity contribution in [3.8, 4) is 0 Å². The number of hydrogen-bond donors (Lipinski definition) is 3. The van der Waals surface area contributed by atoms with E-state index in [1.54, 1.807) is 24.0 Å². The van der Waals surface area contributed by atoms with Gasteiger partial charge in [-0.1, -0.05) is 30.3 Å². The second-order valence-corrected chi connectivity index (χ2v) is 7.08. The van der Waals surface area contributed by atoms with Crippen LogP contribution in [-0.4, -0.2) is 47.1 Å². The van der Waals surface area contributed by atoms with E-state index in [9.17, 15) is 5.11 Å². The standard InChI is InChI=1S/C21H33N5O2/c1-5-22-20(24-16-21(3,27)19-14-25-26(4)15-19)23-12-9-13-28-17(2)18-10-7-6-8-11-18/h6-8,10-11,14-15,17,27H,5,9,12-13,16H2,1-4H3,(H2,22,23,24). The lowest BCUT2D eigenvalue weighted by atomic mass is 10.0. The minimum absolute atomic E-state index is 0.0812. The summed E-state index contributed by atoms with van der Waals surface area (Å²) in [6.07, 6.45) is 4.42. The van der Waals surface area contributed by atoms with E-state index >= 15 is 0 Å². The van der Waals surface area contributed by atoms with Crippen molar-refractivity contribution in [1.29, 1.82) is 0 Å². The zero-order valence-electron chi connectivity index (χ0n) is 17.4. The molecule has 1 aromatic heterocycles. The molecule has 0 spiro atoms. The van der Waals surface area contributed by atoms with Gasteiger partial charge in [-0.2, -0.15) is 5.10 Å². The van der Waals surface area contributed by atoms with E-state index in [1.807, 2.05) is 32.2 Å². The number of guanidine groups is 1. The summed E-state index contributed by atoms with van der Waals surface area (Å²) in [4.78, 5) is 4.52. The van der Waals surface area contributed by atoms with Crippen LogP contribution in [0.5, 0.6) is 0 Å². The summed E-state index contributed by atoms with van der Waals surface area (Å²) < 4.78 is 7.57. The lowest BCUT2D eigenvalue weighted by Gasteiger charge is -2.20. The highest BCUT2D eigenvalue weighted by Crippen LogP contribution is 2.20. The third kappa shape index (κ3) is 6.98. The van der Waals surface area contributed by atoms with Gasteiger partial charge in [0.05, 0.1) is 18.8 Å². The first-order chi connectivity index (χ1) is 13.4. The van der Waals surface area contributed by atoms with E-state index in [-0.39, 0.29) is 12.6 Å². The third-order valence-corrected chi connectivity index (χ3v) is 4.47. The van der Waals surface area contributed by atoms with Crippen LogP contribution < -0.4 is 10.6 Å². The Hall–Kier alpha value is -2.38. The molecular formula is C21H33N5O2. The average molecular weight is 388 g/mol. The molecule has 0 fully saturated rings. The number of aryl methyl sites for hydroxylation is 1. The van der Waals surface area contributed by atoms with Crippen LogP contribution >= 0.6 is 0 Å². The molecule has 0 aliphatic heterocycles. The normalized spacial score (nSPS) is 15.1. The topological polar surface area (TPSA) is 83.7 Å². The van der Waals surface area contributed by atoms with Gasteiger partial charge in [-0.15, -0.1) is 0 Å². The monoisotopic (exact) mass is 387 g/mol. The SMILES string of the molecule is CCNC(=NCC(C)(O)c1cnn(C)c1)NCCCOC(C)c1ccccc1. The Morgan fingerprint density at radius 1 is 1.32 bits per heavy atom. The fourth-order valence-corrected chi connectivity index (χ4v) is 2.72. The van der Waals surface area contributed by atoms with Crippen LogP contribution in [0, 0.1) is 0 Å². The first-order valence-corrected chi connectivity index (χ1v) is 9.82. The molecule has 0 saturated carbocycles. The van der Waals surface area contributed by atoms with Crippen LogP contribution in [0.25, 0.3) is 0 Å². The van der Waals surface area contributed by atoms with Gasteiger partial charge in [0, 0.05) is 38.5 Å². The number of hydrogen-bond acceptors (Lipinski definition) is 4. The van der Waals surface area contributed by atoms with Gasteiger partial charge in [0.2, 0.25) is 0 Å². The summed E-state index contributed by atoms with van der Waals surface area (Å²) in [5, 5.41) is 21.3. The van der Waals surface area contributed by atoms with Crippen LogP contribution in [0.3, 0.4) is 0 Å². The molecule has 0 aliphatic carbocycles. The number of aromatic nitrogens is 2. The van der Waals surface area contributed by atoms with Crippen molar-refractivity contribution in [2.45, 2.75) is 38.9 Å². The van der Waals surface area contributed by atoms with E-state index in [2.05, 4.69) is 39.8 Å². The number of aliphatic hydroxyl groups is 1. The molecule has 7 nitrogen and oxygen atoms in total. The Morgan fingerprint density at radius 2 is 2.07 bits per heavy atom. The van der Waals surface area contributed by atoms with E-state index in [4.69, 9.17) is 4.74 Å². The van der Waals surface area contributed by atoms with Crippen LogP contribution in [-0.2, 0) is 17.4 Å². The van der Waals surface area contributed by atoms with Crippen molar-refractivity contribution in [2.75, 3.05) is 26.2 Å². The van der Waals surface area contributed by atoms with Crippen LogP contribution in [0.15, 0.2) is 47.7 Å². The van der Waals surface area contributed by atoms with Crippen molar-refractivity contribution in [1.82, 2.24) is 20.4 Å². The zero-order valence-corrected chi connectivity index (χ0v) is 17.4. The lowest BCUT2D eigenvalue weighted by Crippen LogP contribution is -2.39. The van der Waals surface area contributed by atoms with E-state index in [1.165, 1.54) is 5.56 Å². The molecule has 2 atom stereocenters. The second-order valence-electron chi connectivity index (χ2n) is 7.08. The van der Waals surface area contributed by atoms with Gasteiger partial charge in [-0.3, -0.25) is 4.68 Å². The van der Waals surface area contributed by atoms with Crippen LogP contribution in [0.2, 0.25) is 0 Å². The van der Waals surface area contributed by atoms with Crippen molar-refractivity contribution >= 4 is 5.96 Å². The smallest absolute Gasteiger partial charge is 0.191 e. The predicted octanol–water partition coefficient (Wildman–Crippen LogP) is 2.35. The number of benzene rings is 1. The second kappa shape index (κ2) is 10.8. The molecule has 1 aromatic carbocycles. The maximum atomic E-state index is 10.7. The molecule has 154 valence electrons. The lowest BCUT2D eigenvalue weighted by molar-refractivity contribution is 0.0642. The molecule has 0 aliphatic rings. The van der Waals surface area contributed by atoms with Gasteiger partial charge >= 0.3 is 0 Å². The summed E-state index contributed by atoms with van der Waals surface area (Å²) in [5.41, 5.74) is 0.867. The molecule has 0 amide bonds. The molecular weight excluding hydrogens is 354 g/mol. The number of aliphatic imine (C=N–C) groups is 1. The molecule has 0 saturated heterocycles. The van der Waals surface area contributed by atoms with E-state index in [0.29, 0.717) is 12.6 Å². The molecule has 2 rings (SSSR count). The predicted molar refractivity (Wildman–Crippen MR) is 112 cm³/mol. The van der Waals surface area contributed by atoms with Gasteiger partial charge in [-0.05, 0) is 32.8 Å². The van der Waals surface area contributed by atoms with E-state index in [0.717, 1.165) is 25.1 Å². The number of ether oxygens (including phenoxy) is 1. The molecule has 3 N–H and O–H groups in total. The Balaban J connectivity index is 1.76. The maximum absolute atomic E-state index is 10.7. The number of nitrogens with zero attached hydrogens (tertiary/aromatic N) is 3. The average Bonchev–Trinajstić information content (AvgIpc) is 3.13. The summed E-state index contributed by atoms with van der Waals surface area (Å²) >= 11 is 0. The highest BCUT2D eigenvalue weighted by Gasteiger charge is 2.24. The summed E-state index contributed by atoms with van der Waals surface area (Å²) in [6.45, 7) is 8.22. The molecule has 7 heteroatoms. The van der Waals surface area contributed by atoms with E-state index < -0.39 is 5.60 Å². The number of rotatable bonds is 10. The minimum atomic E-state index is -1.06. The highest BCUT2D eigenvalue weighted by atomic mass is 16.5. The van der Waals surface area contributed by atoms with Crippen molar-refractivity contribution in [3.05, 3.63) is 53.9 Å². The third-order valence-electron chi connectivity index (χ3n) is 4.47. The number of nitrogens with one attached hydrogen (secondary N) is 2. The molecule has 0 bridgehead atoms. The molecule has 28 heavy (non-hydrogen) atoms. The Morgan fingerprint density at radius 3 is 2.71 bits per heavy atom. The summed E-state index contributed by atoms with van der Waals surface area (Å²) in [6, 6.07) is 10.2. The minimum Gasteiger partial charge on any atom is -0.383 e. The first-order valence-electron chi connectivity index (χ1n) is 9.82. The van der Waals surface area contributed by atoms with Crippen molar-refractivity contribution in [3.63, 3.8) is 0 Å². The van der Waals surface area contributed by atoms with Crippen molar-refractivity contribution < 1.29 is 9.84 Å². The molecule has 1 heterocycles. The largest absolute Gasteiger partial charge is 0.383 e. The van der Waals surface area contributed by atoms with Crippen LogP contribution in [0.1, 0.15) is 44.4 Å². The Kier molecular flexibility index (Phi) is 8.47. The Bertz CT molecular complexity index is 727. The van der Waals surface area contributed by atoms with Gasteiger partial charge in [0.25, 0.3) is 0 Å². The van der Waals surface area contributed by atoms with Crippen molar-refractivity contribution in [2.24, 2.45) is 12.0 Å². The summed E-state index contributed by atoms with van der Waals surface area (Å²) in [5.74, 6) is 0.683.